The molecule has 11 heteroatoms. The van der Waals surface area contributed by atoms with Gasteiger partial charge >= 0.3 is 0 Å². The van der Waals surface area contributed by atoms with Gasteiger partial charge in [0.25, 0.3) is 5.76 Å². The predicted molar refractivity (Wildman–Crippen MR) is 143 cm³/mol. The number of nitrogens with one attached hydrogen (secondary N) is 1. The van der Waals surface area contributed by atoms with Gasteiger partial charge < -0.3 is 9.73 Å². The molecule has 1 N–H and O–H groups in total. The summed E-state index contributed by atoms with van der Waals surface area (Å²) in [6, 6.07) is 20.2. The minimum Gasteiger partial charge on any atom is -0.460 e. The van der Waals surface area contributed by atoms with Crippen LogP contribution in [0.3, 0.4) is 0 Å². The Morgan fingerprint density at radius 3 is 2.65 bits per heavy atom. The number of aryl methyl sites for hydroxylation is 1. The highest BCUT2D eigenvalue weighted by atomic mass is 32.2. The van der Waals surface area contributed by atoms with Crippen molar-refractivity contribution in [3.05, 3.63) is 89.8 Å². The van der Waals surface area contributed by atoms with Crippen LogP contribution in [-0.4, -0.2) is 38.1 Å². The lowest BCUT2D eigenvalue weighted by Gasteiger charge is -2.06. The highest BCUT2D eigenvalue weighted by Gasteiger charge is 2.30. The average molecular weight is 538 g/mol. The Hall–Kier alpha value is -3.70. The van der Waals surface area contributed by atoms with E-state index in [2.05, 4.69) is 20.6 Å². The number of carbonyl (C=O) groups excluding carboxylic acids is 1. The van der Waals surface area contributed by atoms with Gasteiger partial charge in [0.2, 0.25) is 5.91 Å². The summed E-state index contributed by atoms with van der Waals surface area (Å²) in [5.41, 5.74) is 3.09. The second-order valence-electron chi connectivity index (χ2n) is 8.10. The molecule has 1 amide bonds. The number of nitrogens with zero attached hydrogens (tertiary/aromatic N) is 4. The summed E-state index contributed by atoms with van der Waals surface area (Å²) in [5, 5.41) is 15.8. The minimum atomic E-state index is -2.46. The molecule has 2 aromatic carbocycles. The largest absolute Gasteiger partial charge is 0.460 e. The van der Waals surface area contributed by atoms with Crippen LogP contribution in [0.4, 0.5) is 8.78 Å². The molecule has 0 bridgehead atoms. The van der Waals surface area contributed by atoms with Crippen LogP contribution in [-0.2, 0) is 11.2 Å². The molecular formula is C26H21F2N5O2S2. The second-order valence-corrected chi connectivity index (χ2v) is 10.4. The number of thioether (sulfide) groups is 2. The van der Waals surface area contributed by atoms with E-state index < -0.39 is 5.76 Å². The number of benzene rings is 2. The first-order valence-corrected chi connectivity index (χ1v) is 13.0. The minimum absolute atomic E-state index is 0.173. The van der Waals surface area contributed by atoms with E-state index in [9.17, 15) is 13.6 Å². The molecule has 1 aliphatic heterocycles. The first-order chi connectivity index (χ1) is 17.9. The third-order valence-electron chi connectivity index (χ3n) is 5.43. The Bertz CT molecular complexity index is 1450. The van der Waals surface area contributed by atoms with Crippen LogP contribution in [0.5, 0.6) is 0 Å². The summed E-state index contributed by atoms with van der Waals surface area (Å²) in [6.45, 7) is 1.87. The van der Waals surface area contributed by atoms with Crippen molar-refractivity contribution < 1.29 is 18.0 Å². The lowest BCUT2D eigenvalue weighted by atomic mass is 10.1. The zero-order chi connectivity index (χ0) is 25.8. The Kier molecular flexibility index (Phi) is 7.52. The number of hydrogen-bond donors (Lipinski definition) is 1. The maximum absolute atomic E-state index is 12.5. The number of amidine groups is 1. The number of amides is 1. The molecule has 37 heavy (non-hydrogen) atoms. The number of rotatable bonds is 8. The van der Waals surface area contributed by atoms with Crippen molar-refractivity contribution >= 4 is 40.8 Å². The van der Waals surface area contributed by atoms with Crippen LogP contribution in [0.1, 0.15) is 16.9 Å². The van der Waals surface area contributed by atoms with Gasteiger partial charge in [0.05, 0.1) is 17.2 Å². The lowest BCUT2D eigenvalue weighted by Crippen LogP contribution is -2.25. The Labute approximate surface area is 220 Å². The number of carbonyl (C=O) groups is 1. The topological polar surface area (TPSA) is 84.8 Å². The summed E-state index contributed by atoms with van der Waals surface area (Å²) in [4.78, 5) is 12.9. The number of para-hydroxylation sites is 1. The highest BCUT2D eigenvalue weighted by molar-refractivity contribution is 8.15. The van der Waals surface area contributed by atoms with Crippen molar-refractivity contribution in [3.63, 3.8) is 0 Å². The summed E-state index contributed by atoms with van der Waals surface area (Å²) in [6.07, 6.45) is 3.86. The molecule has 0 spiro atoms. The van der Waals surface area contributed by atoms with Gasteiger partial charge in [0, 0.05) is 16.7 Å². The van der Waals surface area contributed by atoms with Crippen LogP contribution in [0.2, 0.25) is 0 Å². The molecule has 1 saturated heterocycles. The standard InChI is InChI=1S/C26H21F2N5O2S2/c1-16-7-12-21(35-16)23-18(15-33(32-23)19-5-3-2-4-6-19)14-29-31-26-30-24(34)22(37-26)13-17-8-10-20(11-9-17)36-25(27)28/h2-12,14-15,22,25H,13H2,1H3,(H,30,31,34)/b29-14-/t22-/m0/s1. The summed E-state index contributed by atoms with van der Waals surface area (Å²) >= 11 is 1.77. The first-order valence-electron chi connectivity index (χ1n) is 11.3. The van der Waals surface area contributed by atoms with E-state index in [0.717, 1.165) is 17.0 Å². The van der Waals surface area contributed by atoms with E-state index in [1.165, 1.54) is 11.8 Å². The van der Waals surface area contributed by atoms with Crippen LogP contribution in [0, 0.1) is 6.92 Å². The molecular weight excluding hydrogens is 516 g/mol. The van der Waals surface area contributed by atoms with E-state index in [4.69, 9.17) is 4.42 Å². The Morgan fingerprint density at radius 1 is 1.16 bits per heavy atom. The van der Waals surface area contributed by atoms with Crippen molar-refractivity contribution in [2.45, 2.75) is 29.2 Å². The molecule has 3 heterocycles. The lowest BCUT2D eigenvalue weighted by molar-refractivity contribution is -0.118. The van der Waals surface area contributed by atoms with E-state index in [1.54, 1.807) is 35.2 Å². The van der Waals surface area contributed by atoms with Gasteiger partial charge in [-0.25, -0.2) is 4.68 Å². The van der Waals surface area contributed by atoms with Crippen LogP contribution >= 0.6 is 23.5 Å². The Morgan fingerprint density at radius 2 is 1.95 bits per heavy atom. The van der Waals surface area contributed by atoms with Crippen molar-refractivity contribution in [1.29, 1.82) is 0 Å². The number of halogens is 2. The number of alkyl halides is 2. The monoisotopic (exact) mass is 537 g/mol. The molecule has 1 aliphatic rings. The van der Waals surface area contributed by atoms with Crippen molar-refractivity contribution in [2.75, 3.05) is 0 Å². The first kappa shape index (κ1) is 25.0. The predicted octanol–water partition coefficient (Wildman–Crippen LogP) is 5.92. The fourth-order valence-electron chi connectivity index (χ4n) is 3.70. The van der Waals surface area contributed by atoms with Gasteiger partial charge in [0.1, 0.15) is 11.5 Å². The van der Waals surface area contributed by atoms with Gasteiger partial charge in [-0.2, -0.15) is 19.0 Å². The number of aromatic nitrogens is 2. The third kappa shape index (κ3) is 6.17. The molecule has 0 aliphatic carbocycles. The van der Waals surface area contributed by atoms with Gasteiger partial charge in [0.15, 0.2) is 10.9 Å². The molecule has 7 nitrogen and oxygen atoms in total. The second kappa shape index (κ2) is 11.1. The van der Waals surface area contributed by atoms with E-state index in [1.807, 2.05) is 55.6 Å². The van der Waals surface area contributed by atoms with Crippen LogP contribution in [0.15, 0.2) is 92.4 Å². The normalized spacial score (nSPS) is 16.8. The van der Waals surface area contributed by atoms with E-state index >= 15 is 0 Å². The molecule has 0 radical (unpaired) electrons. The summed E-state index contributed by atoms with van der Waals surface area (Å²) < 4.78 is 32.6. The third-order valence-corrected chi connectivity index (χ3v) is 7.22. The quantitative estimate of drug-likeness (QED) is 0.171. The maximum atomic E-state index is 12.5. The number of furan rings is 1. The molecule has 2 aromatic heterocycles. The molecule has 4 aromatic rings. The Balaban J connectivity index is 1.30. The molecule has 1 fully saturated rings. The van der Waals surface area contributed by atoms with Gasteiger partial charge in [-0.15, -0.1) is 5.10 Å². The van der Waals surface area contributed by atoms with Gasteiger partial charge in [-0.3, -0.25) is 4.79 Å². The van der Waals surface area contributed by atoms with E-state index in [0.29, 0.717) is 45.3 Å². The zero-order valence-corrected chi connectivity index (χ0v) is 21.2. The van der Waals surface area contributed by atoms with Crippen molar-refractivity contribution in [2.24, 2.45) is 10.2 Å². The highest BCUT2D eigenvalue weighted by Crippen LogP contribution is 2.28. The van der Waals surface area contributed by atoms with Gasteiger partial charge in [-0.05, 0) is 55.3 Å². The molecule has 5 rings (SSSR count). The number of hydrogen-bond acceptors (Lipinski definition) is 7. The molecule has 1 atom stereocenters. The van der Waals surface area contributed by atoms with E-state index in [-0.39, 0.29) is 11.2 Å². The summed E-state index contributed by atoms with van der Waals surface area (Å²) in [7, 11) is 0. The molecule has 188 valence electrons. The fourth-order valence-corrected chi connectivity index (χ4v) is 5.16. The van der Waals surface area contributed by atoms with Crippen molar-refractivity contribution in [3.8, 4) is 17.1 Å². The average Bonchev–Trinajstić information content (AvgIpc) is 3.59. The smallest absolute Gasteiger partial charge is 0.288 e. The maximum Gasteiger partial charge on any atom is 0.288 e. The molecule has 0 saturated carbocycles. The van der Waals surface area contributed by atoms with Crippen LogP contribution < -0.4 is 5.32 Å². The zero-order valence-electron chi connectivity index (χ0n) is 19.5. The van der Waals surface area contributed by atoms with Gasteiger partial charge in [-0.1, -0.05) is 53.9 Å². The van der Waals surface area contributed by atoms with Crippen LogP contribution in [0.25, 0.3) is 17.1 Å². The SMILES string of the molecule is Cc1ccc(-c2nn(-c3ccccc3)cc2/C=N\N=C2/NC(=O)[C@H](Cc3ccc(SC(F)F)cc3)S2)o1. The van der Waals surface area contributed by atoms with Crippen molar-refractivity contribution in [1.82, 2.24) is 15.1 Å². The summed E-state index contributed by atoms with van der Waals surface area (Å²) in [5.74, 6) is -1.25. The molecule has 0 unspecified atom stereocenters. The fraction of sp³-hybridized carbons (Fsp3) is 0.154.